The van der Waals surface area contributed by atoms with Gasteiger partial charge in [0, 0.05) is 17.3 Å². The predicted molar refractivity (Wildman–Crippen MR) is 107 cm³/mol. The first-order valence-electron chi connectivity index (χ1n) is 9.40. The van der Waals surface area contributed by atoms with Crippen molar-refractivity contribution in [2.75, 3.05) is 5.32 Å². The van der Waals surface area contributed by atoms with Crippen molar-refractivity contribution in [2.45, 2.75) is 57.7 Å². The number of hydrogen-bond donors (Lipinski definition) is 2. The van der Waals surface area contributed by atoms with E-state index in [-0.39, 0.29) is 24.4 Å². The number of nitrogens with one attached hydrogen (secondary N) is 2. The van der Waals surface area contributed by atoms with E-state index in [4.69, 9.17) is 16.3 Å². The fourth-order valence-corrected chi connectivity index (χ4v) is 3.26. The van der Waals surface area contributed by atoms with E-state index in [2.05, 4.69) is 15.7 Å². The van der Waals surface area contributed by atoms with Crippen LogP contribution < -0.4 is 15.4 Å². The summed E-state index contributed by atoms with van der Waals surface area (Å²) in [5.41, 5.74) is -0.595. The highest BCUT2D eigenvalue weighted by Gasteiger charge is 2.30. The molecule has 0 saturated heterocycles. The van der Waals surface area contributed by atoms with Crippen LogP contribution in [-0.4, -0.2) is 33.2 Å². The second kappa shape index (κ2) is 8.65. The molecule has 0 spiro atoms. The summed E-state index contributed by atoms with van der Waals surface area (Å²) in [6.07, 6.45) is 7.54. The van der Waals surface area contributed by atoms with Crippen LogP contribution in [0.1, 0.15) is 39.5 Å². The Morgan fingerprint density at radius 1 is 1.25 bits per heavy atom. The van der Waals surface area contributed by atoms with E-state index < -0.39 is 5.60 Å². The average molecular weight is 405 g/mol. The van der Waals surface area contributed by atoms with Gasteiger partial charge in [-0.05, 0) is 51.0 Å². The number of rotatable bonds is 7. The molecule has 1 aromatic carbocycles. The molecule has 3 rings (SSSR count). The molecule has 0 aliphatic heterocycles. The Hall–Kier alpha value is -2.54. The Balaban J connectivity index is 1.53. The van der Waals surface area contributed by atoms with Crippen LogP contribution in [0.4, 0.5) is 5.69 Å². The lowest BCUT2D eigenvalue weighted by atomic mass is 10.1. The zero-order valence-corrected chi connectivity index (χ0v) is 16.8. The Morgan fingerprint density at radius 2 is 1.93 bits per heavy atom. The molecule has 1 aromatic heterocycles. The van der Waals surface area contributed by atoms with Gasteiger partial charge in [0.1, 0.15) is 12.3 Å². The summed E-state index contributed by atoms with van der Waals surface area (Å²) < 4.78 is 7.28. The molecule has 0 unspecified atom stereocenters. The van der Waals surface area contributed by atoms with E-state index in [1.807, 2.05) is 0 Å². The van der Waals surface area contributed by atoms with Crippen molar-refractivity contribution in [3.8, 4) is 5.75 Å². The first-order valence-corrected chi connectivity index (χ1v) is 9.77. The zero-order valence-electron chi connectivity index (χ0n) is 16.1. The van der Waals surface area contributed by atoms with Gasteiger partial charge in [0.2, 0.25) is 5.91 Å². The molecule has 1 aliphatic carbocycles. The number of carbonyl (C=O) groups is 2. The summed E-state index contributed by atoms with van der Waals surface area (Å²) >= 11 is 5.87. The summed E-state index contributed by atoms with van der Waals surface area (Å²) in [5, 5.41) is 10.5. The molecule has 2 aromatic rings. The molecule has 7 nitrogen and oxygen atoms in total. The minimum Gasteiger partial charge on any atom is -0.478 e. The summed E-state index contributed by atoms with van der Waals surface area (Å²) in [4.78, 5) is 24.7. The van der Waals surface area contributed by atoms with Gasteiger partial charge in [0.25, 0.3) is 5.91 Å². The fraction of sp³-hybridized carbons (Fsp3) is 0.450. The third kappa shape index (κ3) is 5.48. The monoisotopic (exact) mass is 404 g/mol. The lowest BCUT2D eigenvalue weighted by Gasteiger charge is -2.25. The fourth-order valence-electron chi connectivity index (χ4n) is 3.13. The first-order chi connectivity index (χ1) is 13.3. The lowest BCUT2D eigenvalue weighted by Crippen LogP contribution is -2.42. The average Bonchev–Trinajstić information content (AvgIpc) is 3.29. The van der Waals surface area contributed by atoms with Crippen LogP contribution in [0.2, 0.25) is 5.02 Å². The number of carbonyl (C=O) groups excluding carboxylic acids is 2. The minimum absolute atomic E-state index is 0.0701. The number of aromatic nitrogens is 2. The largest absolute Gasteiger partial charge is 0.478 e. The second-order valence-electron chi connectivity index (χ2n) is 7.50. The van der Waals surface area contributed by atoms with E-state index in [9.17, 15) is 9.59 Å². The lowest BCUT2D eigenvalue weighted by molar-refractivity contribution is -0.128. The standard InChI is InChI=1S/C20H25ClN4O3/c1-20(2,28-17-9-7-14(21)8-10-17)19(27)24-16-11-22-25(12-16)13-18(26)23-15-5-3-4-6-15/h7-12,15H,3-6,13H2,1-2H3,(H,23,26)(H,24,27). The molecular formula is C20H25ClN4O3. The molecule has 8 heteroatoms. The third-order valence-electron chi connectivity index (χ3n) is 4.65. The number of amides is 2. The maximum Gasteiger partial charge on any atom is 0.268 e. The number of benzene rings is 1. The van der Waals surface area contributed by atoms with Crippen LogP contribution in [0, 0.1) is 0 Å². The van der Waals surface area contributed by atoms with Gasteiger partial charge >= 0.3 is 0 Å². The van der Waals surface area contributed by atoms with Crippen molar-refractivity contribution in [2.24, 2.45) is 0 Å². The van der Waals surface area contributed by atoms with Crippen molar-refractivity contribution >= 4 is 29.1 Å². The Bertz CT molecular complexity index is 826. The molecule has 0 radical (unpaired) electrons. The third-order valence-corrected chi connectivity index (χ3v) is 4.90. The van der Waals surface area contributed by atoms with Gasteiger partial charge < -0.3 is 15.4 Å². The maximum absolute atomic E-state index is 12.6. The topological polar surface area (TPSA) is 85.2 Å². The van der Waals surface area contributed by atoms with Crippen molar-refractivity contribution in [3.63, 3.8) is 0 Å². The minimum atomic E-state index is -1.10. The Kier molecular flexibility index (Phi) is 6.24. The van der Waals surface area contributed by atoms with Gasteiger partial charge in [0.15, 0.2) is 5.60 Å². The van der Waals surface area contributed by atoms with Crippen LogP contribution >= 0.6 is 11.6 Å². The highest BCUT2D eigenvalue weighted by atomic mass is 35.5. The van der Waals surface area contributed by atoms with Crippen molar-refractivity contribution < 1.29 is 14.3 Å². The normalized spacial score (nSPS) is 14.7. The highest BCUT2D eigenvalue weighted by molar-refractivity contribution is 6.30. The Labute approximate surface area is 169 Å². The summed E-state index contributed by atoms with van der Waals surface area (Å²) in [6.45, 7) is 3.48. The summed E-state index contributed by atoms with van der Waals surface area (Å²) in [7, 11) is 0. The molecule has 150 valence electrons. The first kappa shape index (κ1) is 20.2. The van der Waals surface area contributed by atoms with E-state index in [0.29, 0.717) is 16.5 Å². The van der Waals surface area contributed by atoms with Gasteiger partial charge in [-0.3, -0.25) is 14.3 Å². The van der Waals surface area contributed by atoms with E-state index in [0.717, 1.165) is 25.7 Å². The molecule has 1 aliphatic rings. The van der Waals surface area contributed by atoms with Crippen molar-refractivity contribution in [1.82, 2.24) is 15.1 Å². The van der Waals surface area contributed by atoms with Crippen LogP contribution in [0.25, 0.3) is 0 Å². The smallest absolute Gasteiger partial charge is 0.268 e. The number of nitrogens with zero attached hydrogens (tertiary/aromatic N) is 2. The summed E-state index contributed by atoms with van der Waals surface area (Å²) in [5.74, 6) is 0.153. The van der Waals surface area contributed by atoms with Gasteiger partial charge in [-0.1, -0.05) is 24.4 Å². The molecule has 2 N–H and O–H groups in total. The number of halogens is 1. The molecule has 1 fully saturated rings. The van der Waals surface area contributed by atoms with Gasteiger partial charge in [-0.2, -0.15) is 5.10 Å². The number of hydrogen-bond acceptors (Lipinski definition) is 4. The van der Waals surface area contributed by atoms with Gasteiger partial charge in [-0.25, -0.2) is 0 Å². The highest BCUT2D eigenvalue weighted by Crippen LogP contribution is 2.22. The van der Waals surface area contributed by atoms with Gasteiger partial charge in [0.05, 0.1) is 11.9 Å². The second-order valence-corrected chi connectivity index (χ2v) is 7.93. The Morgan fingerprint density at radius 3 is 2.61 bits per heavy atom. The molecule has 0 bridgehead atoms. The van der Waals surface area contributed by atoms with E-state index in [1.54, 1.807) is 44.3 Å². The molecule has 28 heavy (non-hydrogen) atoms. The van der Waals surface area contributed by atoms with Crippen molar-refractivity contribution in [1.29, 1.82) is 0 Å². The van der Waals surface area contributed by atoms with Crippen LogP contribution in [0.15, 0.2) is 36.7 Å². The molecule has 1 saturated carbocycles. The molecule has 2 amide bonds. The number of ether oxygens (including phenoxy) is 1. The van der Waals surface area contributed by atoms with Crippen LogP contribution in [0.3, 0.4) is 0 Å². The van der Waals surface area contributed by atoms with E-state index >= 15 is 0 Å². The predicted octanol–water partition coefficient (Wildman–Crippen LogP) is 3.39. The number of anilines is 1. The molecular weight excluding hydrogens is 380 g/mol. The molecule has 1 heterocycles. The van der Waals surface area contributed by atoms with E-state index in [1.165, 1.54) is 10.9 Å². The maximum atomic E-state index is 12.6. The van der Waals surface area contributed by atoms with Crippen molar-refractivity contribution in [3.05, 3.63) is 41.7 Å². The quantitative estimate of drug-likeness (QED) is 0.740. The van der Waals surface area contributed by atoms with Gasteiger partial charge in [-0.15, -0.1) is 0 Å². The molecule has 0 atom stereocenters. The zero-order chi connectivity index (χ0) is 20.1. The van der Waals surface area contributed by atoms with Crippen LogP contribution in [-0.2, 0) is 16.1 Å². The summed E-state index contributed by atoms with van der Waals surface area (Å²) in [6, 6.07) is 7.08. The van der Waals surface area contributed by atoms with Crippen LogP contribution in [0.5, 0.6) is 5.75 Å². The SMILES string of the molecule is CC(C)(Oc1ccc(Cl)cc1)C(=O)Nc1cnn(CC(=O)NC2CCCC2)c1.